The van der Waals surface area contributed by atoms with Crippen molar-refractivity contribution < 1.29 is 5.11 Å². The van der Waals surface area contributed by atoms with Crippen molar-refractivity contribution in [2.24, 2.45) is 0 Å². The molecule has 0 amide bonds. The average Bonchev–Trinajstić information content (AvgIpc) is 2.56. The van der Waals surface area contributed by atoms with E-state index in [1.54, 1.807) is 0 Å². The molecule has 1 aromatic carbocycles. The van der Waals surface area contributed by atoms with Crippen molar-refractivity contribution in [3.8, 4) is 0 Å². The highest BCUT2D eigenvalue weighted by molar-refractivity contribution is 5.39. The number of aromatic nitrogens is 1. The van der Waals surface area contributed by atoms with Gasteiger partial charge in [0.15, 0.2) is 0 Å². The lowest BCUT2D eigenvalue weighted by atomic mass is 10.1. The highest BCUT2D eigenvalue weighted by Gasteiger charge is 2.10. The number of hydrogen-bond donors (Lipinski definition) is 2. The van der Waals surface area contributed by atoms with Crippen LogP contribution in [-0.4, -0.2) is 34.6 Å². The first kappa shape index (κ1) is 16.5. The van der Waals surface area contributed by atoms with Crippen molar-refractivity contribution in [1.29, 1.82) is 0 Å². The Labute approximate surface area is 132 Å². The fraction of sp³-hybridized carbons (Fsp3) is 0.389. The Kier molecular flexibility index (Phi) is 6.37. The van der Waals surface area contributed by atoms with Gasteiger partial charge in [-0.2, -0.15) is 0 Å². The third kappa shape index (κ3) is 5.13. The molecule has 22 heavy (non-hydrogen) atoms. The Balaban J connectivity index is 1.79. The molecule has 3 N–H and O–H groups in total. The van der Waals surface area contributed by atoms with Gasteiger partial charge in [-0.1, -0.05) is 19.1 Å². The predicted octanol–water partition coefficient (Wildman–Crippen LogP) is 2.65. The van der Waals surface area contributed by atoms with Gasteiger partial charge in [-0.05, 0) is 54.8 Å². The molecule has 2 rings (SSSR count). The van der Waals surface area contributed by atoms with E-state index in [2.05, 4.69) is 28.9 Å². The van der Waals surface area contributed by atoms with E-state index in [4.69, 9.17) is 5.73 Å². The van der Waals surface area contributed by atoms with Crippen molar-refractivity contribution in [3.05, 3.63) is 59.9 Å². The fourth-order valence-electron chi connectivity index (χ4n) is 2.45. The summed E-state index contributed by atoms with van der Waals surface area (Å²) in [5.41, 5.74) is 8.63. The zero-order valence-electron chi connectivity index (χ0n) is 13.2. The summed E-state index contributed by atoms with van der Waals surface area (Å²) in [6.45, 7) is 5.02. The van der Waals surface area contributed by atoms with Crippen LogP contribution in [0.5, 0.6) is 0 Å². The summed E-state index contributed by atoms with van der Waals surface area (Å²) in [6, 6.07) is 11.6. The number of benzene rings is 1. The lowest BCUT2D eigenvalue weighted by molar-refractivity contribution is 0.144. The van der Waals surface area contributed by atoms with Crippen LogP contribution in [0.25, 0.3) is 0 Å². The number of aliphatic hydroxyl groups excluding tert-OH is 1. The van der Waals surface area contributed by atoms with Gasteiger partial charge in [-0.25, -0.2) is 0 Å². The largest absolute Gasteiger partial charge is 0.399 e. The van der Waals surface area contributed by atoms with Gasteiger partial charge in [0.1, 0.15) is 0 Å². The van der Waals surface area contributed by atoms with Gasteiger partial charge in [0.25, 0.3) is 0 Å². The minimum absolute atomic E-state index is 0.435. The van der Waals surface area contributed by atoms with Crippen LogP contribution in [0.4, 0.5) is 5.69 Å². The quantitative estimate of drug-likeness (QED) is 0.736. The van der Waals surface area contributed by atoms with Crippen molar-refractivity contribution in [3.63, 3.8) is 0 Å². The van der Waals surface area contributed by atoms with Crippen LogP contribution in [0.3, 0.4) is 0 Å². The number of nitrogens with zero attached hydrogens (tertiary/aromatic N) is 2. The van der Waals surface area contributed by atoms with E-state index in [1.807, 2.05) is 36.7 Å². The first-order chi connectivity index (χ1) is 10.7. The van der Waals surface area contributed by atoms with Crippen LogP contribution in [0, 0.1) is 0 Å². The minimum atomic E-state index is -0.435. The molecule has 1 heterocycles. The molecule has 1 unspecified atom stereocenters. The van der Waals surface area contributed by atoms with Gasteiger partial charge < -0.3 is 15.7 Å². The van der Waals surface area contributed by atoms with Crippen LogP contribution in [0.1, 0.15) is 30.6 Å². The summed E-state index contributed by atoms with van der Waals surface area (Å²) < 4.78 is 0. The SMILES string of the molecule is CCN(CCc1ccncc1)CCC(O)c1ccc(N)cc1. The van der Waals surface area contributed by atoms with Gasteiger partial charge in [0, 0.05) is 31.2 Å². The molecule has 0 aliphatic carbocycles. The molecular weight excluding hydrogens is 274 g/mol. The van der Waals surface area contributed by atoms with E-state index in [0.717, 1.165) is 43.7 Å². The van der Waals surface area contributed by atoms with Gasteiger partial charge in [-0.15, -0.1) is 0 Å². The maximum Gasteiger partial charge on any atom is 0.0802 e. The molecule has 0 saturated carbocycles. The molecule has 0 radical (unpaired) electrons. The number of nitrogens with two attached hydrogens (primary N) is 1. The third-order valence-electron chi connectivity index (χ3n) is 3.95. The van der Waals surface area contributed by atoms with Crippen molar-refractivity contribution in [2.45, 2.75) is 25.9 Å². The van der Waals surface area contributed by atoms with E-state index < -0.39 is 6.10 Å². The maximum absolute atomic E-state index is 10.3. The van der Waals surface area contributed by atoms with Gasteiger partial charge in [0.05, 0.1) is 6.10 Å². The van der Waals surface area contributed by atoms with Gasteiger partial charge in [0.2, 0.25) is 0 Å². The van der Waals surface area contributed by atoms with Gasteiger partial charge in [-0.3, -0.25) is 4.98 Å². The average molecular weight is 299 g/mol. The zero-order chi connectivity index (χ0) is 15.8. The van der Waals surface area contributed by atoms with Crippen LogP contribution < -0.4 is 5.73 Å². The molecule has 0 aliphatic heterocycles. The summed E-state index contributed by atoms with van der Waals surface area (Å²) in [5.74, 6) is 0. The van der Waals surface area contributed by atoms with E-state index >= 15 is 0 Å². The van der Waals surface area contributed by atoms with Crippen LogP contribution >= 0.6 is 0 Å². The van der Waals surface area contributed by atoms with E-state index in [9.17, 15) is 5.11 Å². The zero-order valence-corrected chi connectivity index (χ0v) is 13.2. The molecule has 118 valence electrons. The second-order valence-electron chi connectivity index (χ2n) is 5.51. The molecule has 0 fully saturated rings. The highest BCUT2D eigenvalue weighted by Crippen LogP contribution is 2.18. The Bertz CT molecular complexity index is 542. The second-order valence-corrected chi connectivity index (χ2v) is 5.51. The Morgan fingerprint density at radius 2 is 1.77 bits per heavy atom. The molecular formula is C18H25N3O. The number of aliphatic hydroxyl groups is 1. The predicted molar refractivity (Wildman–Crippen MR) is 90.5 cm³/mol. The monoisotopic (exact) mass is 299 g/mol. The lowest BCUT2D eigenvalue weighted by Gasteiger charge is -2.22. The molecule has 0 spiro atoms. The van der Waals surface area contributed by atoms with E-state index in [0.29, 0.717) is 0 Å². The highest BCUT2D eigenvalue weighted by atomic mass is 16.3. The molecule has 4 heteroatoms. The number of hydrogen-bond acceptors (Lipinski definition) is 4. The van der Waals surface area contributed by atoms with E-state index in [1.165, 1.54) is 5.56 Å². The van der Waals surface area contributed by atoms with Crippen LogP contribution in [0.15, 0.2) is 48.8 Å². The number of nitrogen functional groups attached to an aromatic ring is 1. The number of rotatable bonds is 8. The summed E-state index contributed by atoms with van der Waals surface area (Å²) in [6.07, 6.45) is 4.96. The van der Waals surface area contributed by atoms with E-state index in [-0.39, 0.29) is 0 Å². The Hall–Kier alpha value is -1.91. The fourth-order valence-corrected chi connectivity index (χ4v) is 2.45. The van der Waals surface area contributed by atoms with Crippen molar-refractivity contribution in [2.75, 3.05) is 25.4 Å². The Morgan fingerprint density at radius 3 is 2.41 bits per heavy atom. The molecule has 1 aromatic heterocycles. The lowest BCUT2D eigenvalue weighted by Crippen LogP contribution is -2.28. The summed E-state index contributed by atoms with van der Waals surface area (Å²) in [7, 11) is 0. The van der Waals surface area contributed by atoms with Crippen molar-refractivity contribution >= 4 is 5.69 Å². The smallest absolute Gasteiger partial charge is 0.0802 e. The van der Waals surface area contributed by atoms with Crippen LogP contribution in [0.2, 0.25) is 0 Å². The molecule has 4 nitrogen and oxygen atoms in total. The molecule has 2 aromatic rings. The minimum Gasteiger partial charge on any atom is -0.399 e. The maximum atomic E-state index is 10.3. The second kappa shape index (κ2) is 8.51. The van der Waals surface area contributed by atoms with Crippen LogP contribution in [-0.2, 0) is 6.42 Å². The number of likely N-dealkylation sites (N-methyl/N-ethyl adjacent to an activating group) is 1. The summed E-state index contributed by atoms with van der Waals surface area (Å²) >= 11 is 0. The van der Waals surface area contributed by atoms with Gasteiger partial charge >= 0.3 is 0 Å². The molecule has 0 bridgehead atoms. The third-order valence-corrected chi connectivity index (χ3v) is 3.95. The normalized spacial score (nSPS) is 12.5. The first-order valence-electron chi connectivity index (χ1n) is 7.83. The summed E-state index contributed by atoms with van der Waals surface area (Å²) in [4.78, 5) is 6.40. The number of pyridine rings is 1. The van der Waals surface area contributed by atoms with Crippen molar-refractivity contribution in [1.82, 2.24) is 9.88 Å². The summed E-state index contributed by atoms with van der Waals surface area (Å²) in [5, 5.41) is 10.3. The molecule has 1 atom stereocenters. The molecule has 0 aliphatic rings. The Morgan fingerprint density at radius 1 is 1.09 bits per heavy atom. The first-order valence-corrected chi connectivity index (χ1v) is 7.83. The number of anilines is 1. The topological polar surface area (TPSA) is 62.4 Å². The molecule has 0 saturated heterocycles. The standard InChI is InChI=1S/C18H25N3O/c1-2-21(13-9-15-7-11-20-12-8-15)14-10-18(22)16-3-5-17(19)6-4-16/h3-8,11-12,18,22H,2,9-10,13-14,19H2,1H3.